The summed E-state index contributed by atoms with van der Waals surface area (Å²) in [5.74, 6) is 1.01. The Morgan fingerprint density at radius 1 is 1.11 bits per heavy atom. The van der Waals surface area contributed by atoms with Crippen LogP contribution in [0.4, 0.5) is 0 Å². The summed E-state index contributed by atoms with van der Waals surface area (Å²) < 4.78 is 0. The average molecular weight is 253 g/mol. The summed E-state index contributed by atoms with van der Waals surface area (Å²) in [4.78, 5) is 16.3. The molecule has 1 saturated heterocycles. The van der Waals surface area contributed by atoms with Crippen molar-refractivity contribution in [2.75, 3.05) is 26.2 Å². The third-order valence-corrected chi connectivity index (χ3v) is 4.52. The van der Waals surface area contributed by atoms with E-state index < -0.39 is 0 Å². The summed E-state index contributed by atoms with van der Waals surface area (Å²) in [6, 6.07) is 0.404. The molecule has 2 rings (SSSR count). The van der Waals surface area contributed by atoms with Crippen LogP contribution in [0.15, 0.2) is 0 Å². The Bertz CT molecular complexity index is 277. The molecule has 1 unspecified atom stereocenters. The van der Waals surface area contributed by atoms with Gasteiger partial charge in [0.05, 0.1) is 6.04 Å². The lowest BCUT2D eigenvalue weighted by Crippen LogP contribution is -2.55. The van der Waals surface area contributed by atoms with E-state index in [9.17, 15) is 4.79 Å². The molecule has 4 nitrogen and oxygen atoms in total. The average Bonchev–Trinajstić information content (AvgIpc) is 2.39. The van der Waals surface area contributed by atoms with Gasteiger partial charge in [-0.3, -0.25) is 9.69 Å². The monoisotopic (exact) mass is 253 g/mol. The lowest BCUT2D eigenvalue weighted by atomic mass is 9.86. The van der Waals surface area contributed by atoms with E-state index in [4.69, 9.17) is 5.73 Å². The zero-order valence-electron chi connectivity index (χ0n) is 11.8. The molecule has 0 radical (unpaired) electrons. The first-order chi connectivity index (χ1) is 8.58. The molecular weight excluding hydrogens is 226 g/mol. The van der Waals surface area contributed by atoms with E-state index in [2.05, 4.69) is 11.8 Å². The number of nitrogens with two attached hydrogens (primary N) is 1. The number of rotatable bonds is 2. The number of hydrogen-bond acceptors (Lipinski definition) is 3. The SMILES string of the molecule is CC1CCC(N2CCN(C(=O)C(C)N)CC2)CC1. The Labute approximate surface area is 110 Å². The van der Waals surface area contributed by atoms with Gasteiger partial charge in [-0.25, -0.2) is 0 Å². The molecule has 0 spiro atoms. The minimum absolute atomic E-state index is 0.104. The van der Waals surface area contributed by atoms with E-state index in [0.717, 1.165) is 38.1 Å². The van der Waals surface area contributed by atoms with Gasteiger partial charge in [0.15, 0.2) is 0 Å². The van der Waals surface area contributed by atoms with Crippen LogP contribution in [0, 0.1) is 5.92 Å². The molecule has 104 valence electrons. The topological polar surface area (TPSA) is 49.6 Å². The minimum atomic E-state index is -0.355. The van der Waals surface area contributed by atoms with E-state index in [1.807, 2.05) is 4.90 Å². The zero-order chi connectivity index (χ0) is 13.1. The van der Waals surface area contributed by atoms with Crippen LogP contribution < -0.4 is 5.73 Å². The Hall–Kier alpha value is -0.610. The van der Waals surface area contributed by atoms with Crippen LogP contribution in [0.25, 0.3) is 0 Å². The molecule has 1 aliphatic heterocycles. The molecule has 2 fully saturated rings. The lowest BCUT2D eigenvalue weighted by molar-refractivity contribution is -0.134. The van der Waals surface area contributed by atoms with Gasteiger partial charge in [-0.05, 0) is 38.5 Å². The zero-order valence-corrected chi connectivity index (χ0v) is 11.8. The van der Waals surface area contributed by atoms with Crippen molar-refractivity contribution in [1.82, 2.24) is 9.80 Å². The number of nitrogens with zero attached hydrogens (tertiary/aromatic N) is 2. The number of carbonyl (C=O) groups is 1. The van der Waals surface area contributed by atoms with Gasteiger partial charge in [-0.15, -0.1) is 0 Å². The first-order valence-electron chi connectivity index (χ1n) is 7.36. The third kappa shape index (κ3) is 3.23. The summed E-state index contributed by atoms with van der Waals surface area (Å²) in [5.41, 5.74) is 5.65. The van der Waals surface area contributed by atoms with Gasteiger partial charge in [0.25, 0.3) is 0 Å². The third-order valence-electron chi connectivity index (χ3n) is 4.52. The van der Waals surface area contributed by atoms with Crippen LogP contribution in [0.3, 0.4) is 0 Å². The maximum absolute atomic E-state index is 11.8. The number of carbonyl (C=O) groups excluding carboxylic acids is 1. The number of piperazine rings is 1. The van der Waals surface area contributed by atoms with Crippen molar-refractivity contribution >= 4 is 5.91 Å². The molecule has 0 aromatic heterocycles. The van der Waals surface area contributed by atoms with E-state index in [1.54, 1.807) is 6.92 Å². The van der Waals surface area contributed by atoms with Crippen molar-refractivity contribution in [1.29, 1.82) is 0 Å². The quantitative estimate of drug-likeness (QED) is 0.800. The second-order valence-electron chi connectivity index (χ2n) is 6.06. The molecule has 0 aromatic rings. The van der Waals surface area contributed by atoms with Crippen LogP contribution >= 0.6 is 0 Å². The van der Waals surface area contributed by atoms with Crippen molar-refractivity contribution in [3.05, 3.63) is 0 Å². The van der Waals surface area contributed by atoms with Crippen LogP contribution in [0.1, 0.15) is 39.5 Å². The highest BCUT2D eigenvalue weighted by molar-refractivity contribution is 5.81. The molecule has 0 bridgehead atoms. The summed E-state index contributed by atoms with van der Waals surface area (Å²) in [5, 5.41) is 0. The highest BCUT2D eigenvalue weighted by Gasteiger charge is 2.29. The van der Waals surface area contributed by atoms with E-state index in [1.165, 1.54) is 25.7 Å². The fourth-order valence-electron chi connectivity index (χ4n) is 3.20. The molecule has 1 amide bonds. The summed E-state index contributed by atoms with van der Waals surface area (Å²) in [6.45, 7) is 7.89. The van der Waals surface area contributed by atoms with Gasteiger partial charge in [-0.1, -0.05) is 6.92 Å². The van der Waals surface area contributed by atoms with Crippen molar-refractivity contribution in [2.45, 2.75) is 51.6 Å². The fraction of sp³-hybridized carbons (Fsp3) is 0.929. The Morgan fingerprint density at radius 3 is 2.17 bits per heavy atom. The Kier molecular flexibility index (Phi) is 4.62. The van der Waals surface area contributed by atoms with Gasteiger partial charge in [0, 0.05) is 32.2 Å². The van der Waals surface area contributed by atoms with E-state index in [-0.39, 0.29) is 11.9 Å². The highest BCUT2D eigenvalue weighted by atomic mass is 16.2. The van der Waals surface area contributed by atoms with Crippen LogP contribution in [-0.2, 0) is 4.79 Å². The second kappa shape index (κ2) is 6.02. The first-order valence-corrected chi connectivity index (χ1v) is 7.36. The molecule has 0 aromatic carbocycles. The van der Waals surface area contributed by atoms with Crippen LogP contribution in [0.5, 0.6) is 0 Å². The van der Waals surface area contributed by atoms with Crippen molar-refractivity contribution in [2.24, 2.45) is 11.7 Å². The summed E-state index contributed by atoms with van der Waals surface area (Å²) >= 11 is 0. The largest absolute Gasteiger partial charge is 0.339 e. The van der Waals surface area contributed by atoms with E-state index >= 15 is 0 Å². The first kappa shape index (κ1) is 13.8. The van der Waals surface area contributed by atoms with Gasteiger partial charge >= 0.3 is 0 Å². The van der Waals surface area contributed by atoms with Crippen molar-refractivity contribution in [3.8, 4) is 0 Å². The maximum Gasteiger partial charge on any atom is 0.239 e. The predicted molar refractivity (Wildman–Crippen MR) is 73.2 cm³/mol. The standard InChI is InChI=1S/C14H27N3O/c1-11-3-5-13(6-4-11)16-7-9-17(10-8-16)14(18)12(2)15/h11-13H,3-10,15H2,1-2H3. The van der Waals surface area contributed by atoms with Crippen LogP contribution in [0.2, 0.25) is 0 Å². The smallest absolute Gasteiger partial charge is 0.239 e. The van der Waals surface area contributed by atoms with Crippen molar-refractivity contribution < 1.29 is 4.79 Å². The molecular formula is C14H27N3O. The van der Waals surface area contributed by atoms with Crippen molar-refractivity contribution in [3.63, 3.8) is 0 Å². The van der Waals surface area contributed by atoms with E-state index in [0.29, 0.717) is 0 Å². The Morgan fingerprint density at radius 2 is 1.67 bits per heavy atom. The molecule has 1 atom stereocenters. The maximum atomic E-state index is 11.8. The number of amides is 1. The molecule has 4 heteroatoms. The molecule has 2 aliphatic rings. The lowest BCUT2D eigenvalue weighted by Gasteiger charge is -2.42. The highest BCUT2D eigenvalue weighted by Crippen LogP contribution is 2.27. The minimum Gasteiger partial charge on any atom is -0.339 e. The van der Waals surface area contributed by atoms with Gasteiger partial charge in [0.1, 0.15) is 0 Å². The fourth-order valence-corrected chi connectivity index (χ4v) is 3.20. The molecule has 1 heterocycles. The second-order valence-corrected chi connectivity index (χ2v) is 6.06. The number of hydrogen-bond donors (Lipinski definition) is 1. The summed E-state index contributed by atoms with van der Waals surface area (Å²) in [6.07, 6.45) is 5.40. The molecule has 2 N–H and O–H groups in total. The molecule has 1 aliphatic carbocycles. The normalized spacial score (nSPS) is 32.3. The van der Waals surface area contributed by atoms with Gasteiger partial charge in [-0.2, -0.15) is 0 Å². The van der Waals surface area contributed by atoms with Crippen LogP contribution in [-0.4, -0.2) is 54.0 Å². The summed E-state index contributed by atoms with van der Waals surface area (Å²) in [7, 11) is 0. The predicted octanol–water partition coefficient (Wildman–Crippen LogP) is 1.06. The molecule has 18 heavy (non-hydrogen) atoms. The van der Waals surface area contributed by atoms with Gasteiger partial charge < -0.3 is 10.6 Å². The van der Waals surface area contributed by atoms with Gasteiger partial charge in [0.2, 0.25) is 5.91 Å². The Balaban J connectivity index is 1.78. The molecule has 1 saturated carbocycles.